The molecule has 2 N–H and O–H groups in total. The number of hydrogen-bond donors (Lipinski definition) is 2. The van der Waals surface area contributed by atoms with Crippen molar-refractivity contribution >= 4 is 39.5 Å². The van der Waals surface area contributed by atoms with Gasteiger partial charge in [-0.3, -0.25) is 20.4 Å². The van der Waals surface area contributed by atoms with E-state index in [0.717, 1.165) is 5.56 Å². The molecule has 1 aliphatic rings. The Morgan fingerprint density at radius 3 is 2.43 bits per heavy atom. The first-order valence-corrected chi connectivity index (χ1v) is 10.9. The van der Waals surface area contributed by atoms with Crippen LogP contribution in [0.25, 0.3) is 6.08 Å². The van der Waals surface area contributed by atoms with Crippen molar-refractivity contribution in [2.45, 2.75) is 4.90 Å². The molecule has 0 aliphatic carbocycles. The number of nitrogens with zero attached hydrogens (tertiary/aromatic N) is 1. The van der Waals surface area contributed by atoms with Crippen molar-refractivity contribution in [1.29, 1.82) is 0 Å². The minimum absolute atomic E-state index is 0.00557. The molecular formula is C20H20ClN3O5S. The molecule has 30 heavy (non-hydrogen) atoms. The van der Waals surface area contributed by atoms with E-state index < -0.39 is 21.8 Å². The number of sulfonamides is 1. The fourth-order valence-electron chi connectivity index (χ4n) is 2.71. The fourth-order valence-corrected chi connectivity index (χ4v) is 4.29. The van der Waals surface area contributed by atoms with Gasteiger partial charge in [0.2, 0.25) is 10.0 Å². The maximum atomic E-state index is 12.7. The first kappa shape index (κ1) is 22.0. The van der Waals surface area contributed by atoms with Crippen LogP contribution < -0.4 is 10.9 Å². The first-order valence-electron chi connectivity index (χ1n) is 9.08. The van der Waals surface area contributed by atoms with Crippen LogP contribution in [0.15, 0.2) is 59.5 Å². The second-order valence-corrected chi connectivity index (χ2v) is 8.75. The Kier molecular flexibility index (Phi) is 7.22. The minimum atomic E-state index is -3.73. The summed E-state index contributed by atoms with van der Waals surface area (Å²) < 4.78 is 31.9. The largest absolute Gasteiger partial charge is 0.379 e. The lowest BCUT2D eigenvalue weighted by Crippen LogP contribution is -2.41. The molecule has 0 spiro atoms. The molecule has 0 unspecified atom stereocenters. The van der Waals surface area contributed by atoms with Crippen LogP contribution in [-0.2, 0) is 19.6 Å². The molecule has 158 valence electrons. The third kappa shape index (κ3) is 5.67. The van der Waals surface area contributed by atoms with E-state index in [2.05, 4.69) is 10.9 Å². The summed E-state index contributed by atoms with van der Waals surface area (Å²) in [7, 11) is -3.73. The van der Waals surface area contributed by atoms with Gasteiger partial charge in [-0.2, -0.15) is 4.31 Å². The minimum Gasteiger partial charge on any atom is -0.379 e. The molecule has 1 saturated heterocycles. The maximum absolute atomic E-state index is 12.7. The molecule has 0 bridgehead atoms. The first-order chi connectivity index (χ1) is 14.4. The van der Waals surface area contributed by atoms with Crippen LogP contribution in [0.5, 0.6) is 0 Å². The number of halogens is 1. The lowest BCUT2D eigenvalue weighted by Gasteiger charge is -2.26. The van der Waals surface area contributed by atoms with Gasteiger partial charge in [0.15, 0.2) is 0 Å². The van der Waals surface area contributed by atoms with Gasteiger partial charge in [-0.25, -0.2) is 8.42 Å². The van der Waals surface area contributed by atoms with Gasteiger partial charge in [0.25, 0.3) is 11.8 Å². The van der Waals surface area contributed by atoms with E-state index in [1.807, 2.05) is 0 Å². The Morgan fingerprint density at radius 2 is 1.73 bits per heavy atom. The molecule has 3 rings (SSSR count). The van der Waals surface area contributed by atoms with E-state index in [1.54, 1.807) is 30.3 Å². The zero-order valence-corrected chi connectivity index (χ0v) is 17.4. The van der Waals surface area contributed by atoms with Gasteiger partial charge < -0.3 is 4.74 Å². The van der Waals surface area contributed by atoms with E-state index in [-0.39, 0.29) is 23.5 Å². The van der Waals surface area contributed by atoms with Gasteiger partial charge in [-0.05, 0) is 42.0 Å². The number of hydrogen-bond acceptors (Lipinski definition) is 5. The quantitative estimate of drug-likeness (QED) is 0.535. The number of ether oxygens (including phenoxy) is 1. The van der Waals surface area contributed by atoms with Gasteiger partial charge in [0.1, 0.15) is 0 Å². The second-order valence-electron chi connectivity index (χ2n) is 6.37. The number of hydrazine groups is 1. The number of amides is 2. The zero-order valence-electron chi connectivity index (χ0n) is 15.9. The van der Waals surface area contributed by atoms with Crippen molar-refractivity contribution < 1.29 is 22.7 Å². The van der Waals surface area contributed by atoms with Gasteiger partial charge in [0, 0.05) is 29.8 Å². The summed E-state index contributed by atoms with van der Waals surface area (Å²) in [4.78, 5) is 24.2. The topological polar surface area (TPSA) is 105 Å². The number of carbonyl (C=O) groups is 2. The normalized spacial score (nSPS) is 15.1. The molecule has 0 radical (unpaired) electrons. The molecule has 2 amide bonds. The maximum Gasteiger partial charge on any atom is 0.269 e. The summed E-state index contributed by atoms with van der Waals surface area (Å²) in [5, 5.41) is 0.585. The molecule has 0 saturated carbocycles. The number of benzene rings is 2. The Labute approximate surface area is 179 Å². The van der Waals surface area contributed by atoms with Crippen LogP contribution in [0, 0.1) is 0 Å². The summed E-state index contributed by atoms with van der Waals surface area (Å²) in [5.41, 5.74) is 5.39. The summed E-state index contributed by atoms with van der Waals surface area (Å²) in [6.45, 7) is 1.17. The van der Waals surface area contributed by atoms with Crippen LogP contribution >= 0.6 is 11.6 Å². The van der Waals surface area contributed by atoms with E-state index in [0.29, 0.717) is 18.2 Å². The predicted octanol–water partition coefficient (Wildman–Crippen LogP) is 1.84. The summed E-state index contributed by atoms with van der Waals surface area (Å²) in [6.07, 6.45) is 2.82. The molecule has 1 aliphatic heterocycles. The van der Waals surface area contributed by atoms with Crippen LogP contribution in [-0.4, -0.2) is 50.8 Å². The smallest absolute Gasteiger partial charge is 0.269 e. The van der Waals surface area contributed by atoms with E-state index >= 15 is 0 Å². The van der Waals surface area contributed by atoms with Crippen molar-refractivity contribution in [3.8, 4) is 0 Å². The van der Waals surface area contributed by atoms with E-state index in [4.69, 9.17) is 16.3 Å². The third-order valence-corrected chi connectivity index (χ3v) is 6.45. The van der Waals surface area contributed by atoms with Crippen LogP contribution in [0.3, 0.4) is 0 Å². The predicted molar refractivity (Wildman–Crippen MR) is 112 cm³/mol. The molecule has 2 aromatic rings. The van der Waals surface area contributed by atoms with Crippen molar-refractivity contribution in [2.75, 3.05) is 26.3 Å². The lowest BCUT2D eigenvalue weighted by molar-refractivity contribution is -0.117. The molecule has 0 atom stereocenters. The highest BCUT2D eigenvalue weighted by Crippen LogP contribution is 2.18. The Hall–Kier alpha value is -2.72. The second kappa shape index (κ2) is 9.86. The number of nitrogens with one attached hydrogen (secondary N) is 2. The monoisotopic (exact) mass is 449 g/mol. The van der Waals surface area contributed by atoms with Crippen molar-refractivity contribution in [3.63, 3.8) is 0 Å². The lowest BCUT2D eigenvalue weighted by atomic mass is 10.2. The number of rotatable bonds is 5. The van der Waals surface area contributed by atoms with E-state index in [9.17, 15) is 18.0 Å². The van der Waals surface area contributed by atoms with Gasteiger partial charge in [0.05, 0.1) is 18.1 Å². The standard InChI is InChI=1S/C20H20ClN3O5S/c21-17-7-4-15(5-8-17)6-9-19(25)22-23-20(26)16-2-1-3-18(14-16)30(27,28)24-10-12-29-13-11-24/h1-9,14H,10-13H2,(H,22,25)(H,23,26)/b9-6+. The van der Waals surface area contributed by atoms with Crippen molar-refractivity contribution in [1.82, 2.24) is 15.2 Å². The van der Waals surface area contributed by atoms with Crippen LogP contribution in [0.1, 0.15) is 15.9 Å². The summed E-state index contributed by atoms with van der Waals surface area (Å²) in [6, 6.07) is 12.5. The molecule has 1 fully saturated rings. The Morgan fingerprint density at radius 1 is 1.03 bits per heavy atom. The highest BCUT2D eigenvalue weighted by Gasteiger charge is 2.26. The zero-order chi connectivity index (χ0) is 21.6. The fraction of sp³-hybridized carbons (Fsp3) is 0.200. The van der Waals surface area contributed by atoms with Crippen molar-refractivity contribution in [2.24, 2.45) is 0 Å². The average Bonchev–Trinajstić information content (AvgIpc) is 2.77. The summed E-state index contributed by atoms with van der Waals surface area (Å²) >= 11 is 5.80. The van der Waals surface area contributed by atoms with Crippen molar-refractivity contribution in [3.05, 3.63) is 70.8 Å². The summed E-state index contributed by atoms with van der Waals surface area (Å²) in [5.74, 6) is -1.18. The molecule has 2 aromatic carbocycles. The van der Waals surface area contributed by atoms with Gasteiger partial charge >= 0.3 is 0 Å². The molecule has 8 nitrogen and oxygen atoms in total. The molecule has 10 heteroatoms. The Balaban J connectivity index is 1.61. The molecule has 1 heterocycles. The highest BCUT2D eigenvalue weighted by molar-refractivity contribution is 7.89. The van der Waals surface area contributed by atoms with Gasteiger partial charge in [-0.15, -0.1) is 0 Å². The van der Waals surface area contributed by atoms with Crippen LogP contribution in [0.4, 0.5) is 0 Å². The van der Waals surface area contributed by atoms with Crippen LogP contribution in [0.2, 0.25) is 5.02 Å². The van der Waals surface area contributed by atoms with Gasteiger partial charge in [-0.1, -0.05) is 29.8 Å². The molecular weight excluding hydrogens is 430 g/mol. The number of carbonyl (C=O) groups excluding carboxylic acids is 2. The SMILES string of the molecule is O=C(/C=C/c1ccc(Cl)cc1)NNC(=O)c1cccc(S(=O)(=O)N2CCOCC2)c1. The average molecular weight is 450 g/mol. The highest BCUT2D eigenvalue weighted by atomic mass is 35.5. The van der Waals surface area contributed by atoms with E-state index in [1.165, 1.54) is 34.6 Å². The molecule has 0 aromatic heterocycles. The third-order valence-electron chi connectivity index (χ3n) is 4.30. The number of morpholine rings is 1. The Bertz CT molecular complexity index is 1050.